The maximum Gasteiger partial charge on any atom is 0.261 e. The maximum atomic E-state index is 12.5. The first-order chi connectivity index (χ1) is 11.8. The number of para-hydroxylation sites is 1. The third kappa shape index (κ3) is 4.54. The summed E-state index contributed by atoms with van der Waals surface area (Å²) < 4.78 is 27.5. The van der Waals surface area contributed by atoms with Gasteiger partial charge in [0.05, 0.1) is 16.1 Å². The van der Waals surface area contributed by atoms with Gasteiger partial charge in [-0.1, -0.05) is 30.3 Å². The largest absolute Gasteiger partial charge is 0.349 e. The monoisotopic (exact) mass is 358 g/mol. The molecule has 0 unspecified atom stereocenters. The Morgan fingerprint density at radius 2 is 1.72 bits per heavy atom. The fourth-order valence-electron chi connectivity index (χ4n) is 2.10. The minimum Gasteiger partial charge on any atom is -0.349 e. The Morgan fingerprint density at radius 3 is 2.32 bits per heavy atom. The minimum atomic E-state index is -3.89. The summed E-state index contributed by atoms with van der Waals surface area (Å²) in [7, 11) is -3.89. The topological polar surface area (TPSA) is 92.3 Å². The highest BCUT2D eigenvalue weighted by Crippen LogP contribution is 2.20. The normalized spacial score (nSPS) is 10.8. The second-order valence-corrected chi connectivity index (χ2v) is 6.91. The van der Waals surface area contributed by atoms with E-state index in [0.717, 1.165) is 0 Å². The summed E-state index contributed by atoms with van der Waals surface area (Å²) in [5, 5.41) is 2.61. The molecule has 2 N–H and O–H groups in total. The van der Waals surface area contributed by atoms with Crippen LogP contribution in [0.2, 0.25) is 0 Å². The van der Waals surface area contributed by atoms with Crippen molar-refractivity contribution in [3.63, 3.8) is 0 Å². The number of amides is 1. The lowest BCUT2D eigenvalue weighted by molar-refractivity contribution is 0.0957. The molecule has 0 radical (unpaired) electrons. The summed E-state index contributed by atoms with van der Waals surface area (Å²) in [6.07, 6.45) is 1.53. The Hall–Kier alpha value is -2.93. The maximum absolute atomic E-state index is 12.5. The first-order valence-corrected chi connectivity index (χ1v) is 8.95. The van der Waals surface area contributed by atoms with Crippen molar-refractivity contribution in [2.24, 2.45) is 0 Å². The van der Waals surface area contributed by atoms with E-state index in [2.05, 4.69) is 16.6 Å². The van der Waals surface area contributed by atoms with Gasteiger partial charge in [-0.3, -0.25) is 14.3 Å². The van der Waals surface area contributed by atoms with Gasteiger partial charge in [0.1, 0.15) is 0 Å². The third-order valence-electron chi connectivity index (χ3n) is 3.39. The number of hydrogen-bond acceptors (Lipinski definition) is 4. The van der Waals surface area contributed by atoms with Gasteiger partial charge in [-0.2, -0.15) is 0 Å². The molecule has 0 saturated heterocycles. The molecule has 0 bridgehead atoms. The zero-order valence-corrected chi connectivity index (χ0v) is 14.5. The van der Waals surface area contributed by atoms with Crippen LogP contribution in [0.3, 0.4) is 0 Å². The number of carbonyl (C=O) groups excluding carboxylic acids is 2. The van der Waals surface area contributed by atoms with Crippen molar-refractivity contribution in [2.45, 2.75) is 11.8 Å². The lowest BCUT2D eigenvalue weighted by Crippen LogP contribution is -2.25. The molecule has 25 heavy (non-hydrogen) atoms. The van der Waals surface area contributed by atoms with Gasteiger partial charge in [0.15, 0.2) is 5.78 Å². The molecule has 0 aromatic heterocycles. The van der Waals surface area contributed by atoms with E-state index in [-0.39, 0.29) is 28.5 Å². The van der Waals surface area contributed by atoms with Gasteiger partial charge in [0, 0.05) is 12.1 Å². The molecule has 2 aromatic rings. The van der Waals surface area contributed by atoms with Crippen molar-refractivity contribution in [1.82, 2.24) is 5.32 Å². The van der Waals surface area contributed by atoms with Crippen LogP contribution in [0.1, 0.15) is 27.6 Å². The number of Topliss-reactive ketones (excluding diaryl/α,β-unsaturated/α-hetero) is 1. The van der Waals surface area contributed by atoms with Crippen LogP contribution in [-0.4, -0.2) is 26.7 Å². The fraction of sp³-hybridized carbons (Fsp3) is 0.111. The molecule has 6 nitrogen and oxygen atoms in total. The van der Waals surface area contributed by atoms with Crippen molar-refractivity contribution >= 4 is 27.4 Å². The fourth-order valence-corrected chi connectivity index (χ4v) is 3.18. The molecule has 0 saturated carbocycles. The number of nitrogens with one attached hydrogen (secondary N) is 2. The van der Waals surface area contributed by atoms with Crippen molar-refractivity contribution < 1.29 is 18.0 Å². The standard InChI is InChI=1S/C18H18N2O4S/c1-3-12-19-18(22)16-6-4-5-7-17(16)20-25(23,24)15-10-8-14(9-11-15)13(2)21/h3-11,20H,1,12H2,2H3,(H,19,22). The smallest absolute Gasteiger partial charge is 0.261 e. The molecular weight excluding hydrogens is 340 g/mol. The van der Waals surface area contributed by atoms with Crippen LogP contribution in [0.5, 0.6) is 0 Å². The second kappa shape index (κ2) is 7.76. The Kier molecular flexibility index (Phi) is 5.71. The van der Waals surface area contributed by atoms with E-state index >= 15 is 0 Å². The Balaban J connectivity index is 2.30. The minimum absolute atomic E-state index is 0.00111. The summed E-state index contributed by atoms with van der Waals surface area (Å²) in [6.45, 7) is 5.19. The molecule has 1 amide bonds. The van der Waals surface area contributed by atoms with E-state index in [9.17, 15) is 18.0 Å². The highest BCUT2D eigenvalue weighted by atomic mass is 32.2. The SMILES string of the molecule is C=CCNC(=O)c1ccccc1NS(=O)(=O)c1ccc(C(C)=O)cc1. The first-order valence-electron chi connectivity index (χ1n) is 7.47. The molecule has 0 spiro atoms. The first kappa shape index (κ1) is 18.4. The average molecular weight is 358 g/mol. The number of ketones is 1. The van der Waals surface area contributed by atoms with Gasteiger partial charge in [0.2, 0.25) is 0 Å². The molecular formula is C18H18N2O4S. The van der Waals surface area contributed by atoms with Crippen molar-refractivity contribution in [1.29, 1.82) is 0 Å². The van der Waals surface area contributed by atoms with Crippen LogP contribution < -0.4 is 10.0 Å². The molecule has 130 valence electrons. The predicted octanol–water partition coefficient (Wildman–Crippen LogP) is 2.61. The molecule has 2 aromatic carbocycles. The zero-order chi connectivity index (χ0) is 18.4. The third-order valence-corrected chi connectivity index (χ3v) is 4.78. The van der Waals surface area contributed by atoms with E-state index in [4.69, 9.17) is 0 Å². The number of benzene rings is 2. The average Bonchev–Trinajstić information content (AvgIpc) is 2.60. The molecule has 7 heteroatoms. The zero-order valence-electron chi connectivity index (χ0n) is 13.7. The molecule has 0 heterocycles. The van der Waals surface area contributed by atoms with Crippen LogP contribution in [0.4, 0.5) is 5.69 Å². The molecule has 0 aliphatic heterocycles. The van der Waals surface area contributed by atoms with Gasteiger partial charge in [0.25, 0.3) is 15.9 Å². The second-order valence-electron chi connectivity index (χ2n) is 5.23. The molecule has 0 atom stereocenters. The predicted molar refractivity (Wildman–Crippen MR) is 96.2 cm³/mol. The summed E-state index contributed by atoms with van der Waals surface area (Å²) in [6, 6.07) is 11.9. The highest BCUT2D eigenvalue weighted by molar-refractivity contribution is 7.92. The van der Waals surface area contributed by atoms with E-state index in [0.29, 0.717) is 5.56 Å². The van der Waals surface area contributed by atoms with E-state index in [1.165, 1.54) is 49.4 Å². The highest BCUT2D eigenvalue weighted by Gasteiger charge is 2.18. The molecule has 0 aliphatic rings. The Bertz CT molecular complexity index is 903. The molecule has 2 rings (SSSR count). The van der Waals surface area contributed by atoms with Crippen LogP contribution in [0.15, 0.2) is 66.1 Å². The summed E-state index contributed by atoms with van der Waals surface area (Å²) in [5.41, 5.74) is 0.788. The van der Waals surface area contributed by atoms with E-state index in [1.54, 1.807) is 12.1 Å². The van der Waals surface area contributed by atoms with Crippen LogP contribution in [-0.2, 0) is 10.0 Å². The molecule has 0 aliphatic carbocycles. The molecule has 0 fully saturated rings. The number of anilines is 1. The van der Waals surface area contributed by atoms with Crippen LogP contribution in [0, 0.1) is 0 Å². The summed E-state index contributed by atoms with van der Waals surface area (Å²) in [5.74, 6) is -0.564. The lowest BCUT2D eigenvalue weighted by atomic mass is 10.1. The van der Waals surface area contributed by atoms with Crippen molar-refractivity contribution in [3.05, 3.63) is 72.3 Å². The van der Waals surface area contributed by atoms with Gasteiger partial charge in [-0.05, 0) is 31.2 Å². The number of sulfonamides is 1. The van der Waals surface area contributed by atoms with Crippen LogP contribution in [0.25, 0.3) is 0 Å². The van der Waals surface area contributed by atoms with Gasteiger partial charge in [-0.25, -0.2) is 8.42 Å². The Morgan fingerprint density at radius 1 is 1.08 bits per heavy atom. The van der Waals surface area contributed by atoms with E-state index < -0.39 is 15.9 Å². The van der Waals surface area contributed by atoms with Crippen molar-refractivity contribution in [2.75, 3.05) is 11.3 Å². The van der Waals surface area contributed by atoms with Crippen LogP contribution >= 0.6 is 0 Å². The number of rotatable bonds is 7. The lowest BCUT2D eigenvalue weighted by Gasteiger charge is -2.12. The van der Waals surface area contributed by atoms with E-state index in [1.807, 2.05) is 0 Å². The van der Waals surface area contributed by atoms with Gasteiger partial charge >= 0.3 is 0 Å². The Labute approximate surface area is 146 Å². The van der Waals surface area contributed by atoms with Gasteiger partial charge < -0.3 is 5.32 Å². The summed E-state index contributed by atoms with van der Waals surface area (Å²) >= 11 is 0. The van der Waals surface area contributed by atoms with Crippen molar-refractivity contribution in [3.8, 4) is 0 Å². The number of hydrogen-bond donors (Lipinski definition) is 2. The quantitative estimate of drug-likeness (QED) is 0.588. The van der Waals surface area contributed by atoms with Gasteiger partial charge in [-0.15, -0.1) is 6.58 Å². The summed E-state index contributed by atoms with van der Waals surface area (Å²) in [4.78, 5) is 23.4. The number of carbonyl (C=O) groups is 2.